The van der Waals surface area contributed by atoms with E-state index in [1.807, 2.05) is 61.5 Å². The summed E-state index contributed by atoms with van der Waals surface area (Å²) in [5, 5.41) is 30.5. The van der Waals surface area contributed by atoms with Crippen LogP contribution in [-0.2, 0) is 9.53 Å². The molecule has 2 amide bonds. The summed E-state index contributed by atoms with van der Waals surface area (Å²) in [5.74, 6) is -0.00161. The van der Waals surface area contributed by atoms with Crippen molar-refractivity contribution in [1.29, 1.82) is 0 Å². The number of carbonyl (C=O) groups excluding carboxylic acids is 2. The number of rotatable bonds is 15. The van der Waals surface area contributed by atoms with Gasteiger partial charge >= 0.3 is 6.09 Å². The van der Waals surface area contributed by atoms with Gasteiger partial charge in [0.05, 0.1) is 17.3 Å². The number of fused-ring (bicyclic) bond motifs is 1. The van der Waals surface area contributed by atoms with E-state index in [9.17, 15) is 24.6 Å². The first kappa shape index (κ1) is 35.6. The lowest BCUT2D eigenvalue weighted by Gasteiger charge is -2.38. The number of carbonyl (C=O) groups is 2. The van der Waals surface area contributed by atoms with Crippen molar-refractivity contribution in [3.63, 3.8) is 0 Å². The lowest BCUT2D eigenvalue weighted by Crippen LogP contribution is -2.46. The van der Waals surface area contributed by atoms with E-state index in [4.69, 9.17) is 4.74 Å². The number of phenols is 1. The first-order chi connectivity index (χ1) is 23.7. The molecule has 11 nitrogen and oxygen atoms in total. The third-order valence-electron chi connectivity index (χ3n) is 9.11. The average molecular weight is 670 g/mol. The number of aromatic hydroxyl groups is 1. The number of hydrogen-bond donors (Lipinski definition) is 6. The molecule has 1 fully saturated rings. The van der Waals surface area contributed by atoms with Gasteiger partial charge in [0.15, 0.2) is 0 Å². The Morgan fingerprint density at radius 3 is 2.47 bits per heavy atom. The Hall–Kier alpha value is -4.71. The van der Waals surface area contributed by atoms with Crippen molar-refractivity contribution in [2.24, 2.45) is 0 Å². The largest absolute Gasteiger partial charge is 0.506 e. The summed E-state index contributed by atoms with van der Waals surface area (Å²) < 4.78 is 5.91. The molecule has 5 rings (SSSR count). The molecule has 0 saturated carbocycles. The van der Waals surface area contributed by atoms with Crippen LogP contribution in [-0.4, -0.2) is 77.0 Å². The van der Waals surface area contributed by atoms with Crippen molar-refractivity contribution < 1.29 is 24.5 Å². The summed E-state index contributed by atoms with van der Waals surface area (Å²) in [6, 6.07) is 23.7. The number of aliphatic hydroxyl groups is 1. The Balaban J connectivity index is 0.918. The Kier molecular flexibility index (Phi) is 12.4. The molecule has 1 aliphatic rings. The molecule has 0 radical (unpaired) electrons. The molecule has 6 N–H and O–H groups in total. The third kappa shape index (κ3) is 10.1. The molecule has 1 atom stereocenters. The van der Waals surface area contributed by atoms with Gasteiger partial charge in [-0.25, -0.2) is 4.79 Å². The van der Waals surface area contributed by atoms with Crippen molar-refractivity contribution in [1.82, 2.24) is 20.5 Å². The summed E-state index contributed by atoms with van der Waals surface area (Å²) in [6.07, 6.45) is 3.26. The van der Waals surface area contributed by atoms with E-state index >= 15 is 0 Å². The number of nitrogens with zero attached hydrogens (tertiary/aromatic N) is 1. The normalized spacial score (nSPS) is 15.1. The topological polar surface area (TPSA) is 156 Å². The highest BCUT2D eigenvalue weighted by atomic mass is 16.6. The van der Waals surface area contributed by atoms with Gasteiger partial charge in [-0.2, -0.15) is 0 Å². The number of aromatic nitrogens is 1. The van der Waals surface area contributed by atoms with Crippen molar-refractivity contribution in [2.45, 2.75) is 57.2 Å². The molecule has 260 valence electrons. The zero-order valence-electron chi connectivity index (χ0n) is 28.0. The molecule has 0 aliphatic carbocycles. The summed E-state index contributed by atoms with van der Waals surface area (Å²) >= 11 is 0. The number of nitrogens with one attached hydrogen (secondary N) is 4. The SMILES string of the molecule is CC1(OC(=O)Nc2ccccc2-c2ccccc2)CCN(CCC(=O)NCCCCCNC[C@@H](O)c2ccc(O)c3[nH]c(=O)ccc23)CC1. The molecule has 1 saturated heterocycles. The molecule has 49 heavy (non-hydrogen) atoms. The standard InChI is InChI=1S/C38H47N5O6/c1-38(49-37(48)41-31-13-7-6-12-28(31)27-10-4-2-5-11-27)19-24-43(25-20-38)23-18-34(46)40-22-9-3-8-21-39-26-33(45)29-14-16-32(44)36-30(29)15-17-35(47)42-36/h2,4-7,10-17,33,39,44-45H,3,8-9,18-26H2,1H3,(H,40,46)(H,41,48)(H,42,47)/t33-/m1/s1. The van der Waals surface area contributed by atoms with Crippen LogP contribution in [0.2, 0.25) is 0 Å². The van der Waals surface area contributed by atoms with Crippen LogP contribution in [0.15, 0.2) is 83.7 Å². The van der Waals surface area contributed by atoms with Crippen LogP contribution in [0.25, 0.3) is 22.0 Å². The van der Waals surface area contributed by atoms with Gasteiger partial charge in [0.1, 0.15) is 11.4 Å². The predicted molar refractivity (Wildman–Crippen MR) is 192 cm³/mol. The highest BCUT2D eigenvalue weighted by Crippen LogP contribution is 2.31. The number of ether oxygens (including phenoxy) is 1. The number of anilines is 1. The minimum absolute atomic E-state index is 0.0322. The van der Waals surface area contributed by atoms with Gasteiger partial charge in [0, 0.05) is 56.2 Å². The van der Waals surface area contributed by atoms with E-state index in [1.165, 1.54) is 12.1 Å². The quantitative estimate of drug-likeness (QED) is 0.0932. The zero-order valence-corrected chi connectivity index (χ0v) is 28.0. The fourth-order valence-corrected chi connectivity index (χ4v) is 6.20. The lowest BCUT2D eigenvalue weighted by molar-refractivity contribution is -0.121. The highest BCUT2D eigenvalue weighted by Gasteiger charge is 2.34. The molecule has 4 aromatic rings. The Labute approximate surface area is 286 Å². The second kappa shape index (κ2) is 17.1. The van der Waals surface area contributed by atoms with Crippen LogP contribution in [0.5, 0.6) is 5.75 Å². The molecule has 0 unspecified atom stereocenters. The number of piperidine rings is 1. The molecule has 2 heterocycles. The van der Waals surface area contributed by atoms with Crippen LogP contribution >= 0.6 is 0 Å². The minimum Gasteiger partial charge on any atom is -0.506 e. The maximum Gasteiger partial charge on any atom is 0.412 e. The van der Waals surface area contributed by atoms with E-state index in [0.29, 0.717) is 61.1 Å². The smallest absolute Gasteiger partial charge is 0.412 e. The molecular formula is C38H47N5O6. The van der Waals surface area contributed by atoms with Gasteiger partial charge in [0.25, 0.3) is 0 Å². The van der Waals surface area contributed by atoms with Crippen molar-refractivity contribution in [2.75, 3.05) is 44.6 Å². The summed E-state index contributed by atoms with van der Waals surface area (Å²) in [4.78, 5) is 41.8. The van der Waals surface area contributed by atoms with Crippen molar-refractivity contribution in [3.05, 3.63) is 94.8 Å². The second-order valence-electron chi connectivity index (χ2n) is 12.9. The van der Waals surface area contributed by atoms with Crippen LogP contribution in [0.3, 0.4) is 0 Å². The van der Waals surface area contributed by atoms with E-state index in [1.54, 1.807) is 12.1 Å². The first-order valence-corrected chi connectivity index (χ1v) is 17.1. The van der Waals surface area contributed by atoms with Crippen LogP contribution in [0.1, 0.15) is 57.1 Å². The Morgan fingerprint density at radius 1 is 0.939 bits per heavy atom. The van der Waals surface area contributed by atoms with Gasteiger partial charge < -0.3 is 35.5 Å². The zero-order chi connectivity index (χ0) is 34.6. The number of aliphatic hydroxyl groups excluding tert-OH is 1. The molecule has 0 bridgehead atoms. The average Bonchev–Trinajstić information content (AvgIpc) is 3.10. The van der Waals surface area contributed by atoms with E-state index < -0.39 is 17.8 Å². The second-order valence-corrected chi connectivity index (χ2v) is 12.9. The van der Waals surface area contributed by atoms with E-state index in [0.717, 1.165) is 50.0 Å². The fraction of sp³-hybridized carbons (Fsp3) is 0.395. The van der Waals surface area contributed by atoms with Gasteiger partial charge in [-0.3, -0.25) is 14.9 Å². The van der Waals surface area contributed by atoms with Gasteiger partial charge in [0.2, 0.25) is 11.5 Å². The molecule has 11 heteroatoms. The van der Waals surface area contributed by atoms with Crippen LogP contribution in [0.4, 0.5) is 10.5 Å². The minimum atomic E-state index is -0.790. The third-order valence-corrected chi connectivity index (χ3v) is 9.11. The summed E-state index contributed by atoms with van der Waals surface area (Å²) in [5.41, 5.74) is 2.73. The molecule has 1 aliphatic heterocycles. The maximum absolute atomic E-state index is 12.9. The van der Waals surface area contributed by atoms with Gasteiger partial charge in [-0.05, 0) is 68.5 Å². The van der Waals surface area contributed by atoms with Gasteiger partial charge in [-0.1, -0.05) is 61.0 Å². The molecule has 1 aromatic heterocycles. The van der Waals surface area contributed by atoms with Crippen LogP contribution in [0, 0.1) is 0 Å². The van der Waals surface area contributed by atoms with Crippen molar-refractivity contribution in [3.8, 4) is 16.9 Å². The molecule has 0 spiro atoms. The monoisotopic (exact) mass is 669 g/mol. The molecule has 3 aromatic carbocycles. The Bertz CT molecular complexity index is 1750. The number of likely N-dealkylation sites (tertiary alicyclic amines) is 1. The lowest BCUT2D eigenvalue weighted by atomic mass is 9.93. The van der Waals surface area contributed by atoms with E-state index in [2.05, 4.69) is 25.8 Å². The number of pyridine rings is 1. The highest BCUT2D eigenvalue weighted by molar-refractivity contribution is 5.91. The van der Waals surface area contributed by atoms with Gasteiger partial charge in [-0.15, -0.1) is 0 Å². The number of hydrogen-bond acceptors (Lipinski definition) is 8. The molecular weight excluding hydrogens is 622 g/mol. The Morgan fingerprint density at radius 2 is 1.67 bits per heavy atom. The number of para-hydroxylation sites is 1. The van der Waals surface area contributed by atoms with E-state index in [-0.39, 0.29) is 17.2 Å². The number of amides is 2. The summed E-state index contributed by atoms with van der Waals surface area (Å²) in [6.45, 7) is 5.82. The van der Waals surface area contributed by atoms with Crippen LogP contribution < -0.4 is 21.5 Å². The predicted octanol–water partition coefficient (Wildman–Crippen LogP) is 5.30. The first-order valence-electron chi connectivity index (χ1n) is 17.1. The summed E-state index contributed by atoms with van der Waals surface area (Å²) in [7, 11) is 0. The number of unbranched alkanes of at least 4 members (excludes halogenated alkanes) is 2. The number of phenolic OH excluding ortho intramolecular Hbond substituents is 1. The number of H-pyrrole nitrogens is 1. The fourth-order valence-electron chi connectivity index (χ4n) is 6.20. The number of benzene rings is 3. The maximum atomic E-state index is 12.9. The van der Waals surface area contributed by atoms with Crippen molar-refractivity contribution >= 4 is 28.6 Å². The number of aromatic amines is 1.